The van der Waals surface area contributed by atoms with Crippen LogP contribution in [0.15, 0.2) is 12.4 Å². The second-order valence-corrected chi connectivity index (χ2v) is 0.701. The summed E-state index contributed by atoms with van der Waals surface area (Å²) in [5.74, 6) is 0. The van der Waals surface area contributed by atoms with Gasteiger partial charge in [0.15, 0.2) is 0 Å². The molecule has 0 bridgehead atoms. The fourth-order valence-corrected chi connectivity index (χ4v) is 0.186. The van der Waals surface area contributed by atoms with Crippen molar-refractivity contribution in [2.45, 2.75) is 0 Å². The van der Waals surface area contributed by atoms with Crippen LogP contribution in [0.3, 0.4) is 0 Å². The van der Waals surface area contributed by atoms with Crippen molar-refractivity contribution < 1.29 is 17.1 Å². The molecule has 2 nitrogen and oxygen atoms in total. The van der Waals surface area contributed by atoms with Gasteiger partial charge in [0.25, 0.3) is 0 Å². The van der Waals surface area contributed by atoms with E-state index in [1.807, 2.05) is 0 Å². The van der Waals surface area contributed by atoms with Crippen molar-refractivity contribution in [3.05, 3.63) is 18.7 Å². The van der Waals surface area contributed by atoms with Crippen molar-refractivity contribution in [2.75, 3.05) is 0 Å². The third kappa shape index (κ3) is 1.24. The molecule has 0 aliphatic rings. The Hall–Kier alpha value is -0.271. The number of rotatable bonds is 0. The number of hydrogen-bond acceptors (Lipinski definition) is 1. The maximum absolute atomic E-state index is 3.54. The van der Waals surface area contributed by atoms with Crippen LogP contribution in [0.4, 0.5) is 0 Å². The molecule has 1 heterocycles. The molecule has 0 amide bonds. The SMILES string of the molecule is [Fe].[c-]1ncc[nH]1. The average Bonchev–Trinajstić information content (AvgIpc) is 1.76. The largest absolute Gasteiger partial charge is 0.467 e. The van der Waals surface area contributed by atoms with Gasteiger partial charge < -0.3 is 9.97 Å². The van der Waals surface area contributed by atoms with E-state index in [0.717, 1.165) is 0 Å². The number of nitrogens with one attached hydrogen (secondary N) is 1. The summed E-state index contributed by atoms with van der Waals surface area (Å²) in [7, 11) is 0. The molecule has 0 saturated carbocycles. The van der Waals surface area contributed by atoms with E-state index in [4.69, 9.17) is 0 Å². The standard InChI is InChI=1S/C3H3N2.Fe/c1-2-5-3-4-1;/h1-2H,(H,4,5);/q-1;. The summed E-state index contributed by atoms with van der Waals surface area (Å²) in [5.41, 5.74) is 0. The molecule has 1 aromatic rings. The van der Waals surface area contributed by atoms with E-state index in [0.29, 0.717) is 0 Å². The van der Waals surface area contributed by atoms with Crippen molar-refractivity contribution in [1.82, 2.24) is 9.97 Å². The molecule has 0 atom stereocenters. The zero-order chi connectivity index (χ0) is 3.54. The van der Waals surface area contributed by atoms with E-state index < -0.39 is 0 Å². The summed E-state index contributed by atoms with van der Waals surface area (Å²) in [6.45, 7) is 0. The zero-order valence-corrected chi connectivity index (χ0v) is 4.06. The molecule has 0 aliphatic carbocycles. The van der Waals surface area contributed by atoms with E-state index in [-0.39, 0.29) is 17.1 Å². The Morgan fingerprint density at radius 3 is 2.67 bits per heavy atom. The zero-order valence-electron chi connectivity index (χ0n) is 2.96. The maximum atomic E-state index is 3.54. The minimum Gasteiger partial charge on any atom is -0.467 e. The fourth-order valence-electron chi connectivity index (χ4n) is 0.186. The van der Waals surface area contributed by atoms with Gasteiger partial charge in [-0.2, -0.15) is 0 Å². The topological polar surface area (TPSA) is 28.7 Å². The molecule has 0 spiro atoms. The molecule has 3 heteroatoms. The number of aromatic nitrogens is 2. The fraction of sp³-hybridized carbons (Fsp3) is 0. The Labute approximate surface area is 46.5 Å². The maximum Gasteiger partial charge on any atom is 0 e. The molecule has 34 valence electrons. The van der Waals surface area contributed by atoms with Crippen molar-refractivity contribution in [2.24, 2.45) is 0 Å². The number of nitrogens with zero attached hydrogens (tertiary/aromatic N) is 1. The Bertz CT molecular complexity index is 65.3. The molecule has 6 heavy (non-hydrogen) atoms. The molecule has 1 aromatic heterocycles. The van der Waals surface area contributed by atoms with Gasteiger partial charge in [-0.25, -0.2) is 0 Å². The van der Waals surface area contributed by atoms with Crippen molar-refractivity contribution in [1.29, 1.82) is 0 Å². The number of aromatic amines is 1. The van der Waals surface area contributed by atoms with Crippen LogP contribution in [0, 0.1) is 6.33 Å². The monoisotopic (exact) mass is 123 g/mol. The van der Waals surface area contributed by atoms with Crippen LogP contribution in [0.2, 0.25) is 0 Å². The van der Waals surface area contributed by atoms with Crippen LogP contribution >= 0.6 is 0 Å². The van der Waals surface area contributed by atoms with Crippen LogP contribution in [-0.4, -0.2) is 9.97 Å². The van der Waals surface area contributed by atoms with Crippen molar-refractivity contribution in [3.63, 3.8) is 0 Å². The first kappa shape index (κ1) is 5.73. The van der Waals surface area contributed by atoms with Gasteiger partial charge in [-0.15, -0.1) is 12.4 Å². The average molecular weight is 123 g/mol. The second-order valence-electron chi connectivity index (χ2n) is 0.701. The van der Waals surface area contributed by atoms with E-state index in [1.54, 1.807) is 12.4 Å². The number of imidazole rings is 1. The van der Waals surface area contributed by atoms with Gasteiger partial charge in [0.05, 0.1) is 0 Å². The Morgan fingerprint density at radius 1 is 1.67 bits per heavy atom. The Kier molecular flexibility index (Phi) is 2.81. The van der Waals surface area contributed by atoms with Crippen LogP contribution < -0.4 is 0 Å². The first-order valence-electron chi connectivity index (χ1n) is 1.35. The smallest absolute Gasteiger partial charge is 0 e. The third-order valence-electron chi connectivity index (χ3n) is 0.362. The minimum absolute atomic E-state index is 0. The van der Waals surface area contributed by atoms with Gasteiger partial charge in [0.1, 0.15) is 0 Å². The van der Waals surface area contributed by atoms with Gasteiger partial charge in [0, 0.05) is 17.1 Å². The van der Waals surface area contributed by atoms with E-state index >= 15 is 0 Å². The van der Waals surface area contributed by atoms with E-state index in [9.17, 15) is 0 Å². The van der Waals surface area contributed by atoms with Crippen LogP contribution in [0.5, 0.6) is 0 Å². The van der Waals surface area contributed by atoms with Gasteiger partial charge >= 0.3 is 0 Å². The normalized spacial score (nSPS) is 6.67. The minimum atomic E-state index is 0. The van der Waals surface area contributed by atoms with E-state index in [2.05, 4.69) is 16.3 Å². The summed E-state index contributed by atoms with van der Waals surface area (Å²) in [4.78, 5) is 6.17. The van der Waals surface area contributed by atoms with E-state index in [1.165, 1.54) is 0 Å². The van der Waals surface area contributed by atoms with Crippen LogP contribution in [0.1, 0.15) is 0 Å². The predicted molar refractivity (Wildman–Crippen MR) is 17.4 cm³/mol. The Balaban J connectivity index is 0.000000250. The molecule has 0 aliphatic heterocycles. The van der Waals surface area contributed by atoms with Crippen molar-refractivity contribution in [3.8, 4) is 0 Å². The molecule has 0 radical (unpaired) electrons. The van der Waals surface area contributed by atoms with Crippen molar-refractivity contribution >= 4 is 0 Å². The molecule has 0 saturated heterocycles. The Morgan fingerprint density at radius 2 is 2.50 bits per heavy atom. The van der Waals surface area contributed by atoms with Gasteiger partial charge in [-0.05, 0) is 6.33 Å². The molecular weight excluding hydrogens is 120 g/mol. The number of hydrogen-bond donors (Lipinski definition) is 1. The van der Waals surface area contributed by atoms with Gasteiger partial charge in [-0.3, -0.25) is 0 Å². The third-order valence-corrected chi connectivity index (χ3v) is 0.362. The quantitative estimate of drug-likeness (QED) is 0.387. The summed E-state index contributed by atoms with van der Waals surface area (Å²) in [6, 6.07) is 0. The van der Waals surface area contributed by atoms with Crippen LogP contribution in [-0.2, 0) is 17.1 Å². The summed E-state index contributed by atoms with van der Waals surface area (Å²) >= 11 is 0. The summed E-state index contributed by atoms with van der Waals surface area (Å²) in [5, 5.41) is 0. The van der Waals surface area contributed by atoms with Gasteiger partial charge in [0.2, 0.25) is 0 Å². The predicted octanol–water partition coefficient (Wildman–Crippen LogP) is 0.207. The molecule has 1 rings (SSSR count). The molecule has 0 unspecified atom stereocenters. The molecule has 0 aromatic carbocycles. The van der Waals surface area contributed by atoms with Gasteiger partial charge in [-0.1, -0.05) is 0 Å². The number of H-pyrrole nitrogens is 1. The van der Waals surface area contributed by atoms with Crippen LogP contribution in [0.25, 0.3) is 0 Å². The first-order valence-corrected chi connectivity index (χ1v) is 1.35. The second kappa shape index (κ2) is 2.94. The summed E-state index contributed by atoms with van der Waals surface area (Å²) < 4.78 is 0. The summed E-state index contributed by atoms with van der Waals surface area (Å²) in [6.07, 6.45) is 5.83. The molecular formula is C3H3FeN2-. The molecule has 0 fully saturated rings. The first-order chi connectivity index (χ1) is 2.50. The molecule has 1 N–H and O–H groups in total.